The lowest BCUT2D eigenvalue weighted by Crippen LogP contribution is -2.37. The van der Waals surface area contributed by atoms with Gasteiger partial charge in [0.15, 0.2) is 0 Å². The molecule has 0 saturated carbocycles. The van der Waals surface area contributed by atoms with Gasteiger partial charge >= 0.3 is 11.9 Å². The summed E-state index contributed by atoms with van der Waals surface area (Å²) in [4.78, 5) is 14.8. The summed E-state index contributed by atoms with van der Waals surface area (Å²) in [6.45, 7) is 2.47. The molecular formula is C19H17F3N4O. The molecule has 0 atom stereocenters. The third kappa shape index (κ3) is 3.52. The topological polar surface area (TPSA) is 43.1 Å². The van der Waals surface area contributed by atoms with E-state index in [-0.39, 0.29) is 5.69 Å². The lowest BCUT2D eigenvalue weighted by atomic mass is 10.2. The average Bonchev–Trinajstić information content (AvgIpc) is 2.98. The van der Waals surface area contributed by atoms with Crippen LogP contribution in [0.4, 0.5) is 13.2 Å². The molecule has 0 N–H and O–H groups in total. The van der Waals surface area contributed by atoms with Crippen LogP contribution in [0.5, 0.6) is 0 Å². The predicted molar refractivity (Wildman–Crippen MR) is 93.4 cm³/mol. The summed E-state index contributed by atoms with van der Waals surface area (Å²) >= 11 is 0. The first kappa shape index (κ1) is 17.5. The van der Waals surface area contributed by atoms with Crippen molar-refractivity contribution in [3.05, 3.63) is 82.0 Å². The summed E-state index contributed by atoms with van der Waals surface area (Å²) in [6.07, 6.45) is -4.41. The van der Waals surface area contributed by atoms with Crippen molar-refractivity contribution in [3.63, 3.8) is 0 Å². The molecule has 8 heteroatoms. The Kier molecular flexibility index (Phi) is 4.35. The summed E-state index contributed by atoms with van der Waals surface area (Å²) in [5, 5.41) is 4.35. The lowest BCUT2D eigenvalue weighted by Gasteiger charge is -2.26. The van der Waals surface area contributed by atoms with E-state index in [1.165, 1.54) is 22.4 Å². The van der Waals surface area contributed by atoms with Gasteiger partial charge < -0.3 is 0 Å². The molecule has 0 amide bonds. The van der Waals surface area contributed by atoms with Gasteiger partial charge in [-0.05, 0) is 29.8 Å². The third-order valence-electron chi connectivity index (χ3n) is 4.63. The van der Waals surface area contributed by atoms with Crippen LogP contribution in [0.3, 0.4) is 0 Å². The Morgan fingerprint density at radius 1 is 0.963 bits per heavy atom. The smallest absolute Gasteiger partial charge is 0.290 e. The van der Waals surface area contributed by atoms with Gasteiger partial charge in [-0.2, -0.15) is 17.9 Å². The molecule has 2 aromatic carbocycles. The number of benzene rings is 2. The fourth-order valence-corrected chi connectivity index (χ4v) is 3.24. The Morgan fingerprint density at radius 3 is 2.33 bits per heavy atom. The lowest BCUT2D eigenvalue weighted by molar-refractivity contribution is -0.137. The SMILES string of the molecule is O=c1n(-c2ccc(C(F)(F)F)cc2)nc2n1CCN(Cc1ccccc1)C2. The maximum atomic E-state index is 12.7. The van der Waals surface area contributed by atoms with Crippen LogP contribution in [0.15, 0.2) is 59.4 Å². The Labute approximate surface area is 153 Å². The fourth-order valence-electron chi connectivity index (χ4n) is 3.24. The molecule has 1 aliphatic heterocycles. The van der Waals surface area contributed by atoms with Crippen molar-refractivity contribution in [2.75, 3.05) is 6.54 Å². The number of halogens is 3. The molecule has 1 aliphatic rings. The molecule has 0 spiro atoms. The minimum atomic E-state index is -4.41. The van der Waals surface area contributed by atoms with E-state index in [2.05, 4.69) is 10.00 Å². The summed E-state index contributed by atoms with van der Waals surface area (Å²) in [6, 6.07) is 14.5. The van der Waals surface area contributed by atoms with Crippen molar-refractivity contribution in [3.8, 4) is 5.69 Å². The van der Waals surface area contributed by atoms with Crippen molar-refractivity contribution < 1.29 is 13.2 Å². The Morgan fingerprint density at radius 2 is 1.67 bits per heavy atom. The molecule has 2 heterocycles. The number of aromatic nitrogens is 3. The number of hydrogen-bond acceptors (Lipinski definition) is 3. The van der Waals surface area contributed by atoms with Gasteiger partial charge in [-0.25, -0.2) is 4.79 Å². The maximum absolute atomic E-state index is 12.7. The van der Waals surface area contributed by atoms with Crippen molar-refractivity contribution in [1.29, 1.82) is 0 Å². The average molecular weight is 374 g/mol. The largest absolute Gasteiger partial charge is 0.416 e. The Bertz CT molecular complexity index is 991. The summed E-state index contributed by atoms with van der Waals surface area (Å²) in [5.41, 5.74) is 0.418. The fraction of sp³-hybridized carbons (Fsp3) is 0.263. The zero-order valence-electron chi connectivity index (χ0n) is 14.4. The second kappa shape index (κ2) is 6.70. The molecule has 0 unspecified atom stereocenters. The van der Waals surface area contributed by atoms with E-state index in [4.69, 9.17) is 0 Å². The molecule has 0 aliphatic carbocycles. The van der Waals surface area contributed by atoms with E-state index in [0.29, 0.717) is 31.1 Å². The van der Waals surface area contributed by atoms with E-state index >= 15 is 0 Å². The first-order valence-corrected chi connectivity index (χ1v) is 8.54. The zero-order chi connectivity index (χ0) is 19.0. The van der Waals surface area contributed by atoms with Crippen molar-refractivity contribution in [2.24, 2.45) is 0 Å². The highest BCUT2D eigenvalue weighted by Gasteiger charge is 2.30. The van der Waals surface area contributed by atoms with Crippen molar-refractivity contribution >= 4 is 0 Å². The van der Waals surface area contributed by atoms with Gasteiger partial charge in [0.1, 0.15) is 5.82 Å². The third-order valence-corrected chi connectivity index (χ3v) is 4.63. The first-order chi connectivity index (χ1) is 12.9. The standard InChI is InChI=1S/C19H17F3N4O/c20-19(21,22)15-6-8-16(9-7-15)26-18(27)25-11-10-24(13-17(25)23-26)12-14-4-2-1-3-5-14/h1-9H,10-13H2. The Hall–Kier alpha value is -2.87. The number of fused-ring (bicyclic) bond motifs is 1. The summed E-state index contributed by atoms with van der Waals surface area (Å²) in [5.74, 6) is 0.613. The monoisotopic (exact) mass is 374 g/mol. The van der Waals surface area contributed by atoms with Gasteiger partial charge in [0.2, 0.25) is 0 Å². The maximum Gasteiger partial charge on any atom is 0.416 e. The van der Waals surface area contributed by atoms with Crippen LogP contribution in [0.2, 0.25) is 0 Å². The van der Waals surface area contributed by atoms with Gasteiger partial charge in [0, 0.05) is 19.6 Å². The zero-order valence-corrected chi connectivity index (χ0v) is 14.4. The normalized spacial score (nSPS) is 14.9. The highest BCUT2D eigenvalue weighted by Crippen LogP contribution is 2.29. The van der Waals surface area contributed by atoms with Gasteiger partial charge in [-0.3, -0.25) is 9.47 Å². The molecule has 0 fully saturated rings. The second-order valence-corrected chi connectivity index (χ2v) is 6.50. The van der Waals surface area contributed by atoms with Crippen LogP contribution in [-0.4, -0.2) is 25.8 Å². The van der Waals surface area contributed by atoms with E-state index in [0.717, 1.165) is 18.7 Å². The van der Waals surface area contributed by atoms with Crippen molar-refractivity contribution in [2.45, 2.75) is 25.8 Å². The molecule has 140 valence electrons. The molecule has 0 bridgehead atoms. The molecule has 3 aromatic rings. The molecule has 0 saturated heterocycles. The highest BCUT2D eigenvalue weighted by molar-refractivity contribution is 5.34. The summed E-state index contributed by atoms with van der Waals surface area (Å²) in [7, 11) is 0. The highest BCUT2D eigenvalue weighted by atomic mass is 19.4. The quantitative estimate of drug-likeness (QED) is 0.708. The van der Waals surface area contributed by atoms with Gasteiger partial charge in [0.05, 0.1) is 17.8 Å². The van der Waals surface area contributed by atoms with Crippen molar-refractivity contribution in [1.82, 2.24) is 19.2 Å². The van der Waals surface area contributed by atoms with Gasteiger partial charge in [0.25, 0.3) is 0 Å². The van der Waals surface area contributed by atoms with Gasteiger partial charge in [-0.1, -0.05) is 30.3 Å². The number of alkyl halides is 3. The molecule has 4 rings (SSSR count). The van der Waals surface area contributed by atoms with Gasteiger partial charge in [-0.15, -0.1) is 5.10 Å². The molecule has 1 aromatic heterocycles. The molecule has 5 nitrogen and oxygen atoms in total. The number of rotatable bonds is 3. The van der Waals surface area contributed by atoms with Crippen LogP contribution in [0, 0.1) is 0 Å². The Balaban J connectivity index is 1.57. The number of hydrogen-bond donors (Lipinski definition) is 0. The van der Waals surface area contributed by atoms with E-state index in [1.54, 1.807) is 4.57 Å². The first-order valence-electron chi connectivity index (χ1n) is 8.54. The number of nitrogens with zero attached hydrogens (tertiary/aromatic N) is 4. The van der Waals surface area contributed by atoms with E-state index in [1.807, 2.05) is 30.3 Å². The second-order valence-electron chi connectivity index (χ2n) is 6.50. The van der Waals surface area contributed by atoms with Crippen LogP contribution in [0.1, 0.15) is 17.0 Å². The van der Waals surface area contributed by atoms with Crippen LogP contribution < -0.4 is 5.69 Å². The molecule has 27 heavy (non-hydrogen) atoms. The van der Waals surface area contributed by atoms with Crippen LogP contribution >= 0.6 is 0 Å². The van der Waals surface area contributed by atoms with Crippen LogP contribution in [0.25, 0.3) is 5.69 Å². The van der Waals surface area contributed by atoms with E-state index < -0.39 is 11.7 Å². The minimum absolute atomic E-state index is 0.324. The van der Waals surface area contributed by atoms with Crippen LogP contribution in [-0.2, 0) is 25.8 Å². The molecular weight excluding hydrogens is 357 g/mol. The molecule has 0 radical (unpaired) electrons. The summed E-state index contributed by atoms with van der Waals surface area (Å²) < 4.78 is 40.9. The minimum Gasteiger partial charge on any atom is -0.290 e. The van der Waals surface area contributed by atoms with E-state index in [9.17, 15) is 18.0 Å². The predicted octanol–water partition coefficient (Wildman–Crippen LogP) is 3.07.